The van der Waals surface area contributed by atoms with Crippen LogP contribution in [0.5, 0.6) is 0 Å². The van der Waals surface area contributed by atoms with E-state index < -0.39 is 0 Å². The average molecular weight is 308 g/mol. The highest BCUT2D eigenvalue weighted by atomic mass is 16.5. The minimum atomic E-state index is 0.309. The number of nitrogens with two attached hydrogens (primary N) is 1. The number of benzene rings is 1. The minimum Gasteiger partial charge on any atom is -0.399 e. The number of aromatic nitrogens is 1. The standard InChI is InChI=1S/C18H20N4O/c1-12-2-3-15(20)9-17(12)14-8-13(10-19)18(21-11-14)22-16-4-6-23-7-5-16/h2-3,8-9,11,16H,4-7,20H2,1H3,(H,21,22). The number of rotatable bonds is 3. The quantitative estimate of drug-likeness (QED) is 0.851. The molecule has 1 aliphatic rings. The summed E-state index contributed by atoms with van der Waals surface area (Å²) in [5.41, 5.74) is 10.2. The van der Waals surface area contributed by atoms with Crippen LogP contribution in [0.2, 0.25) is 0 Å². The van der Waals surface area contributed by atoms with Crippen LogP contribution >= 0.6 is 0 Å². The highest BCUT2D eigenvalue weighted by molar-refractivity contribution is 5.73. The highest BCUT2D eigenvalue weighted by Gasteiger charge is 2.16. The smallest absolute Gasteiger partial charge is 0.144 e. The van der Waals surface area contributed by atoms with Crippen molar-refractivity contribution in [2.75, 3.05) is 24.3 Å². The van der Waals surface area contributed by atoms with Crippen LogP contribution in [-0.4, -0.2) is 24.2 Å². The Morgan fingerprint density at radius 2 is 2.09 bits per heavy atom. The summed E-state index contributed by atoms with van der Waals surface area (Å²) in [6, 6.07) is 10.2. The number of hydrogen-bond donors (Lipinski definition) is 2. The summed E-state index contributed by atoms with van der Waals surface area (Å²) < 4.78 is 5.36. The molecule has 118 valence electrons. The lowest BCUT2D eigenvalue weighted by Crippen LogP contribution is -2.28. The Labute approximate surface area is 136 Å². The molecule has 23 heavy (non-hydrogen) atoms. The van der Waals surface area contributed by atoms with Gasteiger partial charge < -0.3 is 15.8 Å². The van der Waals surface area contributed by atoms with Crippen molar-refractivity contribution in [2.24, 2.45) is 0 Å². The van der Waals surface area contributed by atoms with Crippen molar-refractivity contribution >= 4 is 11.5 Å². The van der Waals surface area contributed by atoms with Gasteiger partial charge in [0.05, 0.1) is 5.56 Å². The molecule has 5 nitrogen and oxygen atoms in total. The molecule has 0 saturated carbocycles. The molecule has 3 N–H and O–H groups in total. The van der Waals surface area contributed by atoms with E-state index in [2.05, 4.69) is 16.4 Å². The van der Waals surface area contributed by atoms with Crippen molar-refractivity contribution in [3.8, 4) is 17.2 Å². The van der Waals surface area contributed by atoms with Gasteiger partial charge >= 0.3 is 0 Å². The molecule has 3 rings (SSSR count). The Kier molecular flexibility index (Phi) is 4.45. The first-order valence-electron chi connectivity index (χ1n) is 7.78. The number of ether oxygens (including phenoxy) is 1. The van der Waals surface area contributed by atoms with Crippen molar-refractivity contribution < 1.29 is 4.74 Å². The number of nitrogens with one attached hydrogen (secondary N) is 1. The molecule has 0 unspecified atom stereocenters. The number of nitrogens with zero attached hydrogens (tertiary/aromatic N) is 2. The molecule has 1 aliphatic heterocycles. The number of aryl methyl sites for hydroxylation is 1. The summed E-state index contributed by atoms with van der Waals surface area (Å²) in [6.45, 7) is 3.52. The molecule has 0 aliphatic carbocycles. The predicted octanol–water partition coefficient (Wildman–Crippen LogP) is 3.10. The molecule has 0 spiro atoms. The van der Waals surface area contributed by atoms with Crippen LogP contribution in [0.3, 0.4) is 0 Å². The molecule has 1 saturated heterocycles. The molecule has 5 heteroatoms. The third-order valence-corrected chi connectivity index (χ3v) is 4.14. The molecule has 1 fully saturated rings. The van der Waals surface area contributed by atoms with Gasteiger partial charge in [0.2, 0.25) is 0 Å². The van der Waals surface area contributed by atoms with E-state index >= 15 is 0 Å². The second-order valence-electron chi connectivity index (χ2n) is 5.84. The summed E-state index contributed by atoms with van der Waals surface area (Å²) in [4.78, 5) is 4.48. The maximum absolute atomic E-state index is 9.46. The molecule has 0 atom stereocenters. The van der Waals surface area contributed by atoms with E-state index in [9.17, 15) is 5.26 Å². The Hall–Kier alpha value is -2.58. The van der Waals surface area contributed by atoms with Crippen LogP contribution < -0.4 is 11.1 Å². The van der Waals surface area contributed by atoms with Gasteiger partial charge in [0, 0.05) is 36.7 Å². The third kappa shape index (κ3) is 3.43. The number of anilines is 2. The number of nitriles is 1. The summed E-state index contributed by atoms with van der Waals surface area (Å²) in [7, 11) is 0. The maximum atomic E-state index is 9.46. The van der Waals surface area contributed by atoms with E-state index in [4.69, 9.17) is 10.5 Å². The normalized spacial score (nSPS) is 15.1. The van der Waals surface area contributed by atoms with Crippen LogP contribution in [0.4, 0.5) is 11.5 Å². The first kappa shape index (κ1) is 15.3. The van der Waals surface area contributed by atoms with Crippen LogP contribution in [0.15, 0.2) is 30.5 Å². The van der Waals surface area contributed by atoms with Crippen LogP contribution in [0.1, 0.15) is 24.0 Å². The lowest BCUT2D eigenvalue weighted by molar-refractivity contribution is 0.0904. The summed E-state index contributed by atoms with van der Waals surface area (Å²) in [6.07, 6.45) is 3.66. The van der Waals surface area contributed by atoms with Gasteiger partial charge in [-0.2, -0.15) is 5.26 Å². The van der Waals surface area contributed by atoms with E-state index in [0.717, 1.165) is 42.7 Å². The lowest BCUT2D eigenvalue weighted by Gasteiger charge is -2.24. The van der Waals surface area contributed by atoms with Crippen molar-refractivity contribution in [3.05, 3.63) is 41.6 Å². The molecular formula is C18H20N4O. The largest absolute Gasteiger partial charge is 0.399 e. The minimum absolute atomic E-state index is 0.309. The zero-order valence-electron chi connectivity index (χ0n) is 13.2. The van der Waals surface area contributed by atoms with Crippen LogP contribution in [0, 0.1) is 18.3 Å². The fraction of sp³-hybridized carbons (Fsp3) is 0.333. The molecule has 0 amide bonds. The van der Waals surface area contributed by atoms with Gasteiger partial charge in [-0.1, -0.05) is 6.07 Å². The van der Waals surface area contributed by atoms with Gasteiger partial charge in [-0.25, -0.2) is 4.98 Å². The molecule has 1 aromatic heterocycles. The maximum Gasteiger partial charge on any atom is 0.144 e. The predicted molar refractivity (Wildman–Crippen MR) is 91.0 cm³/mol. The Morgan fingerprint density at radius 3 is 2.83 bits per heavy atom. The zero-order valence-corrected chi connectivity index (χ0v) is 13.2. The van der Waals surface area contributed by atoms with Gasteiger partial charge in [-0.3, -0.25) is 0 Å². The summed E-state index contributed by atoms with van der Waals surface area (Å²) in [5, 5.41) is 12.8. The molecule has 2 aromatic rings. The fourth-order valence-electron chi connectivity index (χ4n) is 2.80. The Morgan fingerprint density at radius 1 is 1.30 bits per heavy atom. The monoisotopic (exact) mass is 308 g/mol. The molecule has 2 heterocycles. The van der Waals surface area contributed by atoms with E-state index in [1.54, 1.807) is 6.20 Å². The van der Waals surface area contributed by atoms with Crippen molar-refractivity contribution in [1.82, 2.24) is 4.98 Å². The molecule has 0 radical (unpaired) electrons. The van der Waals surface area contributed by atoms with E-state index in [1.165, 1.54) is 0 Å². The van der Waals surface area contributed by atoms with Gasteiger partial charge in [-0.15, -0.1) is 0 Å². The van der Waals surface area contributed by atoms with Crippen LogP contribution in [-0.2, 0) is 4.74 Å². The summed E-state index contributed by atoms with van der Waals surface area (Å²) >= 11 is 0. The number of pyridine rings is 1. The van der Waals surface area contributed by atoms with Crippen molar-refractivity contribution in [3.63, 3.8) is 0 Å². The second kappa shape index (κ2) is 6.67. The average Bonchev–Trinajstić information content (AvgIpc) is 2.58. The zero-order chi connectivity index (χ0) is 16.2. The van der Waals surface area contributed by atoms with Crippen LogP contribution in [0.25, 0.3) is 11.1 Å². The second-order valence-corrected chi connectivity index (χ2v) is 5.84. The van der Waals surface area contributed by atoms with E-state index in [-0.39, 0.29) is 0 Å². The Bertz CT molecular complexity index is 745. The Balaban J connectivity index is 1.90. The first-order valence-corrected chi connectivity index (χ1v) is 7.78. The van der Waals surface area contributed by atoms with E-state index in [1.807, 2.05) is 31.2 Å². The summed E-state index contributed by atoms with van der Waals surface area (Å²) in [5.74, 6) is 0.643. The van der Waals surface area contributed by atoms with Gasteiger partial charge in [-0.05, 0) is 49.1 Å². The number of nitrogen functional groups attached to an aromatic ring is 1. The highest BCUT2D eigenvalue weighted by Crippen LogP contribution is 2.28. The van der Waals surface area contributed by atoms with Gasteiger partial charge in [0.15, 0.2) is 0 Å². The molecule has 1 aromatic carbocycles. The first-order chi connectivity index (χ1) is 11.2. The SMILES string of the molecule is Cc1ccc(N)cc1-c1cnc(NC2CCOCC2)c(C#N)c1. The topological polar surface area (TPSA) is 84.0 Å². The number of hydrogen-bond acceptors (Lipinski definition) is 5. The van der Waals surface area contributed by atoms with Crippen molar-refractivity contribution in [1.29, 1.82) is 5.26 Å². The van der Waals surface area contributed by atoms with Gasteiger partial charge in [0.25, 0.3) is 0 Å². The molecular weight excluding hydrogens is 288 g/mol. The third-order valence-electron chi connectivity index (χ3n) is 4.14. The van der Waals surface area contributed by atoms with E-state index in [0.29, 0.717) is 23.1 Å². The van der Waals surface area contributed by atoms with Crippen molar-refractivity contribution in [2.45, 2.75) is 25.8 Å². The van der Waals surface area contributed by atoms with Gasteiger partial charge in [0.1, 0.15) is 11.9 Å². The lowest BCUT2D eigenvalue weighted by atomic mass is 10.00. The fourth-order valence-corrected chi connectivity index (χ4v) is 2.80. The molecule has 0 bridgehead atoms.